The highest BCUT2D eigenvalue weighted by atomic mass is 14.8. The van der Waals surface area contributed by atoms with Crippen molar-refractivity contribution in [1.82, 2.24) is 0 Å². The third kappa shape index (κ3) is 4.22. The predicted molar refractivity (Wildman–Crippen MR) is 94.0 cm³/mol. The fourth-order valence-corrected chi connectivity index (χ4v) is 4.01. The highest BCUT2D eigenvalue weighted by Gasteiger charge is 2.48. The Morgan fingerprint density at radius 2 is 1.76 bits per heavy atom. The van der Waals surface area contributed by atoms with Crippen LogP contribution >= 0.6 is 0 Å². The van der Waals surface area contributed by atoms with Crippen LogP contribution in [-0.4, -0.2) is 5.54 Å². The van der Waals surface area contributed by atoms with E-state index in [1.165, 1.54) is 38.5 Å². The van der Waals surface area contributed by atoms with Crippen molar-refractivity contribution in [2.24, 2.45) is 17.1 Å². The highest BCUT2D eigenvalue weighted by molar-refractivity contribution is 5.22. The largest absolute Gasteiger partial charge is 0.324 e. The van der Waals surface area contributed by atoms with Gasteiger partial charge in [-0.05, 0) is 31.3 Å². The molecule has 0 saturated heterocycles. The SMILES string of the molecule is CCCCC(N)(CCCC)C1(C(C)CCC)C=CC=[C]C1. The Bertz CT molecular complexity index is 334. The molecule has 0 aliphatic heterocycles. The Labute approximate surface area is 133 Å². The molecule has 1 rings (SSSR count). The molecular formula is C20H36N. The Morgan fingerprint density at radius 1 is 1.14 bits per heavy atom. The van der Waals surface area contributed by atoms with Gasteiger partial charge in [-0.3, -0.25) is 0 Å². The molecule has 21 heavy (non-hydrogen) atoms. The molecule has 0 aromatic carbocycles. The maximum atomic E-state index is 7.11. The molecule has 1 aliphatic rings. The monoisotopic (exact) mass is 290 g/mol. The van der Waals surface area contributed by atoms with Gasteiger partial charge in [0.15, 0.2) is 0 Å². The summed E-state index contributed by atoms with van der Waals surface area (Å²) < 4.78 is 0. The first-order chi connectivity index (χ1) is 10.1. The number of hydrogen-bond acceptors (Lipinski definition) is 1. The van der Waals surface area contributed by atoms with Crippen molar-refractivity contribution in [3.8, 4) is 0 Å². The van der Waals surface area contributed by atoms with Crippen LogP contribution in [0.3, 0.4) is 0 Å². The van der Waals surface area contributed by atoms with Crippen LogP contribution in [0.4, 0.5) is 0 Å². The summed E-state index contributed by atoms with van der Waals surface area (Å²) in [6, 6.07) is 0. The number of allylic oxidation sites excluding steroid dienone is 3. The molecule has 2 N–H and O–H groups in total. The number of hydrogen-bond donors (Lipinski definition) is 1. The number of nitrogens with two attached hydrogens (primary N) is 1. The van der Waals surface area contributed by atoms with Crippen LogP contribution in [0.15, 0.2) is 18.2 Å². The zero-order chi connectivity index (χ0) is 15.8. The lowest BCUT2D eigenvalue weighted by Crippen LogP contribution is -2.57. The summed E-state index contributed by atoms with van der Waals surface area (Å²) in [5, 5.41) is 0. The van der Waals surface area contributed by atoms with Crippen molar-refractivity contribution in [3.63, 3.8) is 0 Å². The molecule has 0 aromatic rings. The molecule has 1 heteroatoms. The molecule has 121 valence electrons. The quantitative estimate of drug-likeness (QED) is 0.540. The molecule has 0 aromatic heterocycles. The molecule has 0 amide bonds. The van der Waals surface area contributed by atoms with E-state index in [9.17, 15) is 0 Å². The standard InChI is InChI=1S/C20H36N/c1-5-8-16-20(21,17-9-6-2)19(18(4)13-7-3)14-11-10-12-15-19/h10-11,14,18H,5-9,13,15-17,21H2,1-4H3. The normalized spacial score (nSPS) is 23.5. The summed E-state index contributed by atoms with van der Waals surface area (Å²) in [4.78, 5) is 0. The van der Waals surface area contributed by atoms with E-state index in [-0.39, 0.29) is 11.0 Å². The average Bonchev–Trinajstić information content (AvgIpc) is 2.51. The van der Waals surface area contributed by atoms with Crippen LogP contribution in [0.5, 0.6) is 0 Å². The summed E-state index contributed by atoms with van der Waals surface area (Å²) in [6.07, 6.45) is 20.9. The van der Waals surface area contributed by atoms with Crippen LogP contribution in [0.25, 0.3) is 0 Å². The van der Waals surface area contributed by atoms with Crippen molar-refractivity contribution >= 4 is 0 Å². The second kappa shape index (κ2) is 8.78. The Morgan fingerprint density at radius 3 is 2.19 bits per heavy atom. The fourth-order valence-electron chi connectivity index (χ4n) is 4.01. The van der Waals surface area contributed by atoms with Crippen LogP contribution in [0.2, 0.25) is 0 Å². The van der Waals surface area contributed by atoms with Gasteiger partial charge in [0.2, 0.25) is 0 Å². The number of unbranched alkanes of at least 4 members (excludes halogenated alkanes) is 2. The van der Waals surface area contributed by atoms with Gasteiger partial charge in [-0.25, -0.2) is 0 Å². The van der Waals surface area contributed by atoms with Crippen LogP contribution < -0.4 is 5.73 Å². The van der Waals surface area contributed by atoms with E-state index in [0.717, 1.165) is 19.3 Å². The summed E-state index contributed by atoms with van der Waals surface area (Å²) >= 11 is 0. The second-order valence-electron chi connectivity index (χ2n) is 7.00. The third-order valence-corrected chi connectivity index (χ3v) is 5.48. The predicted octanol–water partition coefficient (Wildman–Crippen LogP) is 5.81. The lowest BCUT2D eigenvalue weighted by molar-refractivity contribution is 0.0774. The molecule has 1 aliphatic carbocycles. The van der Waals surface area contributed by atoms with E-state index in [0.29, 0.717) is 5.92 Å². The topological polar surface area (TPSA) is 26.0 Å². The molecule has 0 spiro atoms. The van der Waals surface area contributed by atoms with E-state index < -0.39 is 0 Å². The van der Waals surface area contributed by atoms with Crippen molar-refractivity contribution in [2.45, 2.75) is 91.0 Å². The first-order valence-corrected chi connectivity index (χ1v) is 9.09. The van der Waals surface area contributed by atoms with Gasteiger partial charge in [-0.1, -0.05) is 84.4 Å². The van der Waals surface area contributed by atoms with Crippen molar-refractivity contribution in [2.75, 3.05) is 0 Å². The zero-order valence-corrected chi connectivity index (χ0v) is 14.8. The Kier molecular flexibility index (Phi) is 7.73. The lowest BCUT2D eigenvalue weighted by Gasteiger charge is -2.52. The molecular weight excluding hydrogens is 254 g/mol. The van der Waals surface area contributed by atoms with E-state index in [2.05, 4.69) is 52.0 Å². The minimum Gasteiger partial charge on any atom is -0.324 e. The first-order valence-electron chi connectivity index (χ1n) is 9.09. The van der Waals surface area contributed by atoms with Crippen molar-refractivity contribution < 1.29 is 0 Å². The summed E-state index contributed by atoms with van der Waals surface area (Å²) in [7, 11) is 0. The first kappa shape index (κ1) is 18.5. The van der Waals surface area contributed by atoms with Gasteiger partial charge in [0.1, 0.15) is 0 Å². The molecule has 0 heterocycles. The molecule has 2 atom stereocenters. The van der Waals surface area contributed by atoms with Gasteiger partial charge < -0.3 is 5.73 Å². The van der Waals surface area contributed by atoms with Crippen LogP contribution in [-0.2, 0) is 0 Å². The Balaban J connectivity index is 3.10. The van der Waals surface area contributed by atoms with E-state index in [1.807, 2.05) is 0 Å². The zero-order valence-electron chi connectivity index (χ0n) is 14.8. The van der Waals surface area contributed by atoms with E-state index in [4.69, 9.17) is 5.73 Å². The second-order valence-corrected chi connectivity index (χ2v) is 7.00. The summed E-state index contributed by atoms with van der Waals surface area (Å²) in [5.41, 5.74) is 7.13. The molecule has 2 unspecified atom stereocenters. The minimum atomic E-state index is -0.0780. The van der Waals surface area contributed by atoms with Gasteiger partial charge in [0.25, 0.3) is 0 Å². The van der Waals surface area contributed by atoms with Gasteiger partial charge >= 0.3 is 0 Å². The van der Waals surface area contributed by atoms with Crippen LogP contribution in [0, 0.1) is 17.4 Å². The van der Waals surface area contributed by atoms with Crippen LogP contribution in [0.1, 0.15) is 85.5 Å². The fraction of sp³-hybridized carbons (Fsp3) is 0.800. The summed E-state index contributed by atoms with van der Waals surface area (Å²) in [6.45, 7) is 9.23. The molecule has 1 radical (unpaired) electrons. The smallest absolute Gasteiger partial charge is 0.0252 e. The summed E-state index contributed by atoms with van der Waals surface area (Å²) in [5.74, 6) is 0.624. The molecule has 0 saturated carbocycles. The molecule has 0 bridgehead atoms. The van der Waals surface area contributed by atoms with E-state index in [1.54, 1.807) is 0 Å². The van der Waals surface area contributed by atoms with Gasteiger partial charge in [0, 0.05) is 11.0 Å². The number of rotatable bonds is 10. The van der Waals surface area contributed by atoms with Gasteiger partial charge in [-0.2, -0.15) is 0 Å². The maximum Gasteiger partial charge on any atom is 0.0252 e. The molecule has 0 fully saturated rings. The van der Waals surface area contributed by atoms with Crippen molar-refractivity contribution in [1.29, 1.82) is 0 Å². The van der Waals surface area contributed by atoms with Gasteiger partial charge in [-0.15, -0.1) is 0 Å². The third-order valence-electron chi connectivity index (χ3n) is 5.48. The van der Waals surface area contributed by atoms with E-state index >= 15 is 0 Å². The Hall–Kier alpha value is -0.560. The highest BCUT2D eigenvalue weighted by Crippen LogP contribution is 2.50. The average molecular weight is 291 g/mol. The maximum absolute atomic E-state index is 7.11. The van der Waals surface area contributed by atoms with Crippen molar-refractivity contribution in [3.05, 3.63) is 24.3 Å². The van der Waals surface area contributed by atoms with Gasteiger partial charge in [0.05, 0.1) is 0 Å². The molecule has 1 nitrogen and oxygen atoms in total. The minimum absolute atomic E-state index is 0.0780. The lowest BCUT2D eigenvalue weighted by atomic mass is 9.56.